The topological polar surface area (TPSA) is 38.7 Å². The summed E-state index contributed by atoms with van der Waals surface area (Å²) >= 11 is 3.26. The Morgan fingerprint density at radius 1 is 1.10 bits per heavy atom. The number of ether oxygens (including phenoxy) is 2. The number of hydrogen-bond donors (Lipinski definition) is 1. The van der Waals surface area contributed by atoms with Crippen LogP contribution in [0.3, 0.4) is 0 Å². The third-order valence-electron chi connectivity index (χ3n) is 2.97. The van der Waals surface area contributed by atoms with Crippen molar-refractivity contribution in [3.63, 3.8) is 0 Å². The molecule has 1 N–H and O–H groups in total. The number of phenolic OH excluding ortho intramolecular Hbond substituents is 1. The quantitative estimate of drug-likeness (QED) is 0.917. The molecule has 0 radical (unpaired) electrons. The Labute approximate surface area is 125 Å². The Kier molecular flexibility index (Phi) is 4.49. The van der Waals surface area contributed by atoms with E-state index in [1.54, 1.807) is 20.3 Å². The van der Waals surface area contributed by atoms with Gasteiger partial charge in [0.15, 0.2) is 11.5 Å². The van der Waals surface area contributed by atoms with Gasteiger partial charge in [-0.15, -0.1) is 0 Å². The monoisotopic (exact) mass is 340 g/mol. The maximum absolute atomic E-state index is 13.1. The lowest BCUT2D eigenvalue weighted by molar-refractivity contribution is 0.354. The number of aromatic hydroxyl groups is 1. The Morgan fingerprint density at radius 2 is 1.80 bits per heavy atom. The van der Waals surface area contributed by atoms with E-state index < -0.39 is 5.82 Å². The van der Waals surface area contributed by atoms with E-state index in [4.69, 9.17) is 9.47 Å². The van der Waals surface area contributed by atoms with Crippen LogP contribution < -0.4 is 9.47 Å². The van der Waals surface area contributed by atoms with Gasteiger partial charge < -0.3 is 14.6 Å². The van der Waals surface area contributed by atoms with Crippen LogP contribution in [0.5, 0.6) is 17.2 Å². The molecule has 0 unspecified atom stereocenters. The molecule has 3 nitrogen and oxygen atoms in total. The smallest absolute Gasteiger partial charge is 0.160 e. The lowest BCUT2D eigenvalue weighted by Crippen LogP contribution is -1.95. The lowest BCUT2D eigenvalue weighted by atomic mass is 10.0. The summed E-state index contributed by atoms with van der Waals surface area (Å²) in [7, 11) is 3.13. The van der Waals surface area contributed by atoms with E-state index in [-0.39, 0.29) is 5.75 Å². The molecule has 0 saturated heterocycles. The Morgan fingerprint density at radius 3 is 2.40 bits per heavy atom. The normalized spacial score (nSPS) is 10.4. The minimum atomic E-state index is -0.481. The van der Waals surface area contributed by atoms with Crippen molar-refractivity contribution < 1.29 is 19.0 Å². The number of methoxy groups -OCH3 is 2. The van der Waals surface area contributed by atoms with Gasteiger partial charge in [-0.2, -0.15) is 0 Å². The van der Waals surface area contributed by atoms with Crippen LogP contribution in [0.25, 0.3) is 0 Å². The average molecular weight is 341 g/mol. The van der Waals surface area contributed by atoms with Crippen molar-refractivity contribution in [2.45, 2.75) is 6.42 Å². The molecule has 0 spiro atoms. The van der Waals surface area contributed by atoms with Crippen molar-refractivity contribution >= 4 is 15.9 Å². The zero-order valence-corrected chi connectivity index (χ0v) is 12.7. The number of halogens is 2. The molecule has 0 aromatic heterocycles. The first-order valence-corrected chi connectivity index (χ1v) is 6.72. The summed E-state index contributed by atoms with van der Waals surface area (Å²) in [5.41, 5.74) is 1.55. The van der Waals surface area contributed by atoms with E-state index in [1.165, 1.54) is 6.07 Å². The first-order chi connectivity index (χ1) is 9.55. The molecule has 0 aliphatic rings. The summed E-state index contributed by atoms with van der Waals surface area (Å²) in [6.07, 6.45) is 0.451. The summed E-state index contributed by atoms with van der Waals surface area (Å²) in [5.74, 6) is 0.693. The van der Waals surface area contributed by atoms with Crippen LogP contribution in [0.2, 0.25) is 0 Å². The molecule has 0 aliphatic carbocycles. The SMILES string of the molecule is COc1ccc(Cc2c(O)cc(F)cc2Br)cc1OC. The fourth-order valence-electron chi connectivity index (χ4n) is 1.96. The number of rotatable bonds is 4. The molecule has 0 amide bonds. The zero-order chi connectivity index (χ0) is 14.7. The van der Waals surface area contributed by atoms with Crippen molar-refractivity contribution in [3.05, 3.63) is 51.7 Å². The predicted molar refractivity (Wildman–Crippen MR) is 78.1 cm³/mol. The van der Waals surface area contributed by atoms with Gasteiger partial charge in [-0.3, -0.25) is 0 Å². The molecule has 0 atom stereocenters. The van der Waals surface area contributed by atoms with E-state index in [0.717, 1.165) is 11.6 Å². The van der Waals surface area contributed by atoms with Gasteiger partial charge in [0.1, 0.15) is 11.6 Å². The summed E-state index contributed by atoms with van der Waals surface area (Å²) in [5, 5.41) is 9.83. The summed E-state index contributed by atoms with van der Waals surface area (Å²) in [4.78, 5) is 0. The maximum atomic E-state index is 13.1. The van der Waals surface area contributed by atoms with E-state index in [0.29, 0.717) is 28.0 Å². The van der Waals surface area contributed by atoms with Gasteiger partial charge in [0, 0.05) is 22.5 Å². The van der Waals surface area contributed by atoms with Crippen LogP contribution in [-0.2, 0) is 6.42 Å². The molecule has 0 bridgehead atoms. The second-order valence-electron chi connectivity index (χ2n) is 4.25. The number of hydrogen-bond acceptors (Lipinski definition) is 3. The third-order valence-corrected chi connectivity index (χ3v) is 3.67. The fourth-order valence-corrected chi connectivity index (χ4v) is 2.52. The van der Waals surface area contributed by atoms with Crippen molar-refractivity contribution in [2.75, 3.05) is 14.2 Å². The van der Waals surface area contributed by atoms with Gasteiger partial charge in [0.2, 0.25) is 0 Å². The highest BCUT2D eigenvalue weighted by Gasteiger charge is 2.11. The second kappa shape index (κ2) is 6.13. The lowest BCUT2D eigenvalue weighted by Gasteiger charge is -2.11. The van der Waals surface area contributed by atoms with Crippen molar-refractivity contribution in [1.82, 2.24) is 0 Å². The van der Waals surface area contributed by atoms with E-state index >= 15 is 0 Å². The van der Waals surface area contributed by atoms with Crippen LogP contribution >= 0.6 is 15.9 Å². The zero-order valence-electron chi connectivity index (χ0n) is 11.1. The molecule has 0 aliphatic heterocycles. The van der Waals surface area contributed by atoms with Gasteiger partial charge >= 0.3 is 0 Å². The van der Waals surface area contributed by atoms with Gasteiger partial charge in [-0.25, -0.2) is 4.39 Å². The molecular formula is C15H14BrFO3. The molecular weight excluding hydrogens is 327 g/mol. The molecule has 2 aromatic rings. The molecule has 0 saturated carbocycles. The van der Waals surface area contributed by atoms with Crippen molar-refractivity contribution in [3.8, 4) is 17.2 Å². The standard InChI is InChI=1S/C15H14BrFO3/c1-19-14-4-3-9(6-15(14)20-2)5-11-12(16)7-10(17)8-13(11)18/h3-4,6-8,18H,5H2,1-2H3. The molecule has 0 fully saturated rings. The van der Waals surface area contributed by atoms with Crippen molar-refractivity contribution in [1.29, 1.82) is 0 Å². The van der Waals surface area contributed by atoms with E-state index in [1.807, 2.05) is 12.1 Å². The minimum Gasteiger partial charge on any atom is -0.508 e. The van der Waals surface area contributed by atoms with E-state index in [2.05, 4.69) is 15.9 Å². The number of benzene rings is 2. The summed E-state index contributed by atoms with van der Waals surface area (Å²) < 4.78 is 24.1. The Hall–Kier alpha value is -1.75. The molecule has 5 heteroatoms. The molecule has 20 heavy (non-hydrogen) atoms. The van der Waals surface area contributed by atoms with Crippen LogP contribution in [-0.4, -0.2) is 19.3 Å². The van der Waals surface area contributed by atoms with Gasteiger partial charge in [0.25, 0.3) is 0 Å². The first kappa shape index (κ1) is 14.7. The Bertz CT molecular complexity index is 606. The maximum Gasteiger partial charge on any atom is 0.160 e. The number of phenols is 1. The molecule has 2 aromatic carbocycles. The molecule has 0 heterocycles. The minimum absolute atomic E-state index is 0.0772. The predicted octanol–water partition coefficient (Wildman–Crippen LogP) is 3.90. The summed E-state index contributed by atoms with van der Waals surface area (Å²) in [6.45, 7) is 0. The first-order valence-electron chi connectivity index (χ1n) is 5.93. The van der Waals surface area contributed by atoms with Gasteiger partial charge in [-0.05, 0) is 23.8 Å². The highest BCUT2D eigenvalue weighted by molar-refractivity contribution is 9.10. The fraction of sp³-hybridized carbons (Fsp3) is 0.200. The Balaban J connectivity index is 2.35. The van der Waals surface area contributed by atoms with E-state index in [9.17, 15) is 9.50 Å². The second-order valence-corrected chi connectivity index (χ2v) is 5.11. The van der Waals surface area contributed by atoms with Crippen LogP contribution in [0.15, 0.2) is 34.8 Å². The third kappa shape index (κ3) is 3.04. The largest absolute Gasteiger partial charge is 0.508 e. The van der Waals surface area contributed by atoms with Crippen LogP contribution in [0, 0.1) is 5.82 Å². The average Bonchev–Trinajstić information content (AvgIpc) is 2.42. The van der Waals surface area contributed by atoms with Gasteiger partial charge in [0.05, 0.1) is 14.2 Å². The van der Waals surface area contributed by atoms with Crippen LogP contribution in [0.4, 0.5) is 4.39 Å². The summed E-state index contributed by atoms with van der Waals surface area (Å²) in [6, 6.07) is 7.92. The highest BCUT2D eigenvalue weighted by Crippen LogP contribution is 2.33. The van der Waals surface area contributed by atoms with Crippen LogP contribution in [0.1, 0.15) is 11.1 Å². The van der Waals surface area contributed by atoms with Gasteiger partial charge in [-0.1, -0.05) is 22.0 Å². The molecule has 2 rings (SSSR count). The highest BCUT2D eigenvalue weighted by atomic mass is 79.9. The van der Waals surface area contributed by atoms with Crippen molar-refractivity contribution in [2.24, 2.45) is 0 Å². The molecule has 106 valence electrons.